The van der Waals surface area contributed by atoms with E-state index in [-0.39, 0.29) is 5.82 Å². The maximum atomic E-state index is 13.8. The Morgan fingerprint density at radius 1 is 1.40 bits per heavy atom. The number of rotatable bonds is 1. The fraction of sp³-hybridized carbons (Fsp3) is 0.364. The molecule has 0 radical (unpaired) electrons. The zero-order valence-corrected chi connectivity index (χ0v) is 9.67. The van der Waals surface area contributed by atoms with Crippen LogP contribution < -0.4 is 0 Å². The molecule has 0 N–H and O–H groups in total. The second kappa shape index (κ2) is 3.30. The number of hydrogen-bond donors (Lipinski definition) is 0. The van der Waals surface area contributed by atoms with Crippen molar-refractivity contribution in [1.82, 2.24) is 9.55 Å². The normalized spacial score (nSPS) is 16.9. The number of fused-ring (bicyclic) bond motifs is 1. The molecule has 15 heavy (non-hydrogen) atoms. The molecular weight excluding hydrogens is 259 g/mol. The number of imidazole rings is 1. The van der Waals surface area contributed by atoms with Crippen molar-refractivity contribution in [3.05, 3.63) is 28.7 Å². The summed E-state index contributed by atoms with van der Waals surface area (Å²) in [5.74, 6) is -0.191. The average molecular weight is 269 g/mol. The summed E-state index contributed by atoms with van der Waals surface area (Å²) in [5, 5.41) is 0. The molecule has 1 fully saturated rings. The minimum absolute atomic E-state index is 0.191. The van der Waals surface area contributed by atoms with E-state index in [4.69, 9.17) is 0 Å². The Bertz CT molecular complexity index is 517. The van der Waals surface area contributed by atoms with Crippen molar-refractivity contribution < 1.29 is 4.39 Å². The Balaban J connectivity index is 2.23. The molecule has 0 bridgehead atoms. The van der Waals surface area contributed by atoms with Gasteiger partial charge in [0.25, 0.3) is 0 Å². The van der Waals surface area contributed by atoms with Crippen molar-refractivity contribution in [2.24, 2.45) is 0 Å². The molecule has 0 spiro atoms. The van der Waals surface area contributed by atoms with Crippen molar-refractivity contribution >= 4 is 27.0 Å². The van der Waals surface area contributed by atoms with Crippen LogP contribution in [-0.4, -0.2) is 9.55 Å². The zero-order chi connectivity index (χ0) is 10.4. The van der Waals surface area contributed by atoms with Crippen LogP contribution in [0.2, 0.25) is 0 Å². The van der Waals surface area contributed by atoms with Crippen molar-refractivity contribution in [1.29, 1.82) is 0 Å². The number of nitrogens with zero attached hydrogens (tertiary/aromatic N) is 2. The first-order valence-electron chi connectivity index (χ1n) is 5.07. The van der Waals surface area contributed by atoms with E-state index in [0.29, 0.717) is 11.6 Å². The van der Waals surface area contributed by atoms with Crippen LogP contribution in [0.25, 0.3) is 11.0 Å². The number of halogens is 2. The summed E-state index contributed by atoms with van der Waals surface area (Å²) in [6.45, 7) is 0. The molecular formula is C11H10BrFN2. The van der Waals surface area contributed by atoms with Gasteiger partial charge in [0, 0.05) is 10.5 Å². The van der Waals surface area contributed by atoms with Crippen LogP contribution in [0.1, 0.15) is 25.3 Å². The van der Waals surface area contributed by atoms with Gasteiger partial charge < -0.3 is 4.57 Å². The van der Waals surface area contributed by atoms with E-state index in [0.717, 1.165) is 22.8 Å². The molecule has 4 heteroatoms. The van der Waals surface area contributed by atoms with Crippen molar-refractivity contribution in [2.75, 3.05) is 0 Å². The topological polar surface area (TPSA) is 17.8 Å². The van der Waals surface area contributed by atoms with Crippen LogP contribution in [0.15, 0.2) is 22.9 Å². The monoisotopic (exact) mass is 268 g/mol. The Hall–Kier alpha value is -0.900. The first kappa shape index (κ1) is 9.33. The lowest BCUT2D eigenvalue weighted by Crippen LogP contribution is -2.16. The molecule has 0 saturated heterocycles. The van der Waals surface area contributed by atoms with E-state index < -0.39 is 0 Å². The molecule has 2 nitrogen and oxygen atoms in total. The van der Waals surface area contributed by atoms with Crippen molar-refractivity contribution in [3.63, 3.8) is 0 Å². The van der Waals surface area contributed by atoms with Crippen LogP contribution in [-0.2, 0) is 0 Å². The summed E-state index contributed by atoms with van der Waals surface area (Å²) in [4.78, 5) is 4.24. The first-order valence-corrected chi connectivity index (χ1v) is 5.86. The number of benzene rings is 1. The summed E-state index contributed by atoms with van der Waals surface area (Å²) in [6, 6.07) is 3.80. The van der Waals surface area contributed by atoms with Gasteiger partial charge in [0.05, 0.1) is 11.8 Å². The third kappa shape index (κ3) is 1.39. The molecule has 1 aromatic carbocycles. The molecule has 2 aromatic rings. The largest absolute Gasteiger partial charge is 0.325 e. The quantitative estimate of drug-likeness (QED) is 0.772. The maximum absolute atomic E-state index is 13.8. The van der Waals surface area contributed by atoms with Crippen LogP contribution in [0.3, 0.4) is 0 Å². The highest BCUT2D eigenvalue weighted by atomic mass is 79.9. The van der Waals surface area contributed by atoms with Gasteiger partial charge in [-0.1, -0.05) is 15.9 Å². The third-order valence-corrected chi connectivity index (χ3v) is 3.51. The molecule has 0 aliphatic heterocycles. The van der Waals surface area contributed by atoms with Gasteiger partial charge in [-0.3, -0.25) is 0 Å². The fourth-order valence-corrected chi connectivity index (χ4v) is 2.45. The van der Waals surface area contributed by atoms with E-state index in [1.54, 1.807) is 6.33 Å². The van der Waals surface area contributed by atoms with Crippen LogP contribution in [0.4, 0.5) is 4.39 Å². The summed E-state index contributed by atoms with van der Waals surface area (Å²) in [5.41, 5.74) is 1.37. The van der Waals surface area contributed by atoms with E-state index in [1.165, 1.54) is 12.5 Å². The summed E-state index contributed by atoms with van der Waals surface area (Å²) in [7, 11) is 0. The highest BCUT2D eigenvalue weighted by Gasteiger charge is 2.22. The molecule has 0 unspecified atom stereocenters. The molecule has 78 valence electrons. The maximum Gasteiger partial charge on any atom is 0.150 e. The minimum atomic E-state index is -0.191. The van der Waals surface area contributed by atoms with Gasteiger partial charge in [-0.15, -0.1) is 0 Å². The molecule has 1 saturated carbocycles. The lowest BCUT2D eigenvalue weighted by Gasteiger charge is -2.27. The lowest BCUT2D eigenvalue weighted by molar-refractivity contribution is 0.318. The summed E-state index contributed by atoms with van der Waals surface area (Å²) in [6.07, 6.45) is 5.27. The number of aromatic nitrogens is 2. The average Bonchev–Trinajstić information content (AvgIpc) is 2.45. The van der Waals surface area contributed by atoms with Crippen LogP contribution in [0.5, 0.6) is 0 Å². The molecule has 1 aromatic heterocycles. The van der Waals surface area contributed by atoms with Crippen LogP contribution in [0, 0.1) is 5.82 Å². The second-order valence-corrected chi connectivity index (χ2v) is 4.91. The van der Waals surface area contributed by atoms with Gasteiger partial charge in [-0.05, 0) is 31.4 Å². The predicted octanol–water partition coefficient (Wildman–Crippen LogP) is 3.66. The Labute approximate surface area is 95.2 Å². The van der Waals surface area contributed by atoms with E-state index in [2.05, 4.69) is 20.9 Å². The molecule has 1 heterocycles. The highest BCUT2D eigenvalue weighted by Crippen LogP contribution is 2.35. The molecule has 0 atom stereocenters. The van der Waals surface area contributed by atoms with E-state index in [1.807, 2.05) is 10.6 Å². The smallest absolute Gasteiger partial charge is 0.150 e. The molecule has 3 rings (SSSR count). The van der Waals surface area contributed by atoms with Gasteiger partial charge in [-0.2, -0.15) is 0 Å². The summed E-state index contributed by atoms with van der Waals surface area (Å²) >= 11 is 3.27. The summed E-state index contributed by atoms with van der Waals surface area (Å²) < 4.78 is 16.5. The fourth-order valence-electron chi connectivity index (χ4n) is 2.03. The van der Waals surface area contributed by atoms with E-state index >= 15 is 0 Å². The first-order chi connectivity index (χ1) is 7.25. The van der Waals surface area contributed by atoms with Gasteiger partial charge in [-0.25, -0.2) is 9.37 Å². The van der Waals surface area contributed by atoms with Gasteiger partial charge >= 0.3 is 0 Å². The van der Waals surface area contributed by atoms with E-state index in [9.17, 15) is 4.39 Å². The Kier molecular flexibility index (Phi) is 2.06. The predicted molar refractivity (Wildman–Crippen MR) is 60.3 cm³/mol. The standard InChI is InChI=1S/C11H10BrFN2/c12-7-4-9(13)11-10(5-7)14-6-15(11)8-2-1-3-8/h4-6,8H,1-3H2. The SMILES string of the molecule is Fc1cc(Br)cc2ncn(C3CCC3)c12. The van der Waals surface area contributed by atoms with Gasteiger partial charge in [0.2, 0.25) is 0 Å². The van der Waals surface area contributed by atoms with Crippen molar-refractivity contribution in [2.45, 2.75) is 25.3 Å². The Morgan fingerprint density at radius 3 is 2.87 bits per heavy atom. The van der Waals surface area contributed by atoms with Crippen LogP contribution >= 0.6 is 15.9 Å². The highest BCUT2D eigenvalue weighted by molar-refractivity contribution is 9.10. The van der Waals surface area contributed by atoms with Gasteiger partial charge in [0.15, 0.2) is 0 Å². The molecule has 1 aliphatic carbocycles. The third-order valence-electron chi connectivity index (χ3n) is 3.06. The van der Waals surface area contributed by atoms with Crippen molar-refractivity contribution in [3.8, 4) is 0 Å². The second-order valence-electron chi connectivity index (χ2n) is 3.99. The number of hydrogen-bond acceptors (Lipinski definition) is 1. The molecule has 1 aliphatic rings. The lowest BCUT2D eigenvalue weighted by atomic mass is 9.93. The zero-order valence-electron chi connectivity index (χ0n) is 8.08. The Morgan fingerprint density at radius 2 is 2.20 bits per heavy atom. The minimum Gasteiger partial charge on any atom is -0.325 e. The molecule has 0 amide bonds. The van der Waals surface area contributed by atoms with Gasteiger partial charge in [0.1, 0.15) is 11.3 Å².